The number of nitrogens with one attached hydrogen (secondary N) is 1. The van der Waals surface area contributed by atoms with Crippen LogP contribution in [0.15, 0.2) is 65.5 Å². The number of benzene rings is 2. The minimum atomic E-state index is -0.643. The molecule has 1 atom stereocenters. The van der Waals surface area contributed by atoms with Gasteiger partial charge in [-0.2, -0.15) is 5.10 Å². The molecule has 0 fully saturated rings. The van der Waals surface area contributed by atoms with Gasteiger partial charge in [-0.3, -0.25) is 9.59 Å². The molecule has 1 heterocycles. The van der Waals surface area contributed by atoms with Crippen LogP contribution in [0.5, 0.6) is 5.75 Å². The third-order valence-electron chi connectivity index (χ3n) is 4.58. The number of carbonyl (C=O) groups excluding carboxylic acids is 1. The first kappa shape index (κ1) is 20.3. The standard InChI is InChI=1S/C23H25N3O3/c1-16-9-10-17(2)21(15-16)29-18(3)23(28)24-13-14-26-22(27)12-11-20(25-26)19-7-5-4-6-8-19/h4-12,15,18H,13-14H2,1-3H3,(H,24,28). The van der Waals surface area contributed by atoms with Crippen molar-refractivity contribution in [1.29, 1.82) is 0 Å². The Balaban J connectivity index is 1.58. The van der Waals surface area contributed by atoms with Crippen molar-refractivity contribution in [3.05, 3.63) is 82.1 Å². The number of hydrogen-bond donors (Lipinski definition) is 1. The molecule has 1 aromatic heterocycles. The smallest absolute Gasteiger partial charge is 0.266 e. The minimum Gasteiger partial charge on any atom is -0.481 e. The summed E-state index contributed by atoms with van der Waals surface area (Å²) in [6, 6.07) is 18.7. The molecule has 0 bridgehead atoms. The lowest BCUT2D eigenvalue weighted by Crippen LogP contribution is -2.39. The van der Waals surface area contributed by atoms with Crippen molar-refractivity contribution in [1.82, 2.24) is 15.1 Å². The summed E-state index contributed by atoms with van der Waals surface area (Å²) in [7, 11) is 0. The van der Waals surface area contributed by atoms with Gasteiger partial charge < -0.3 is 10.1 Å². The molecule has 6 heteroatoms. The number of nitrogens with zero attached hydrogens (tertiary/aromatic N) is 2. The highest BCUT2D eigenvalue weighted by atomic mass is 16.5. The number of amides is 1. The molecular formula is C23H25N3O3. The summed E-state index contributed by atoms with van der Waals surface area (Å²) in [4.78, 5) is 24.4. The van der Waals surface area contributed by atoms with Crippen molar-refractivity contribution >= 4 is 5.91 Å². The lowest BCUT2D eigenvalue weighted by atomic mass is 10.1. The van der Waals surface area contributed by atoms with Crippen LogP contribution in [0.1, 0.15) is 18.1 Å². The monoisotopic (exact) mass is 391 g/mol. The van der Waals surface area contributed by atoms with Crippen molar-refractivity contribution < 1.29 is 9.53 Å². The third-order valence-corrected chi connectivity index (χ3v) is 4.58. The summed E-state index contributed by atoms with van der Waals surface area (Å²) in [6.45, 7) is 6.19. The average Bonchev–Trinajstić information content (AvgIpc) is 2.72. The molecule has 0 aliphatic rings. The lowest BCUT2D eigenvalue weighted by Gasteiger charge is -2.17. The summed E-state index contributed by atoms with van der Waals surface area (Å²) in [5.41, 5.74) is 3.48. The van der Waals surface area contributed by atoms with Crippen LogP contribution in [0.2, 0.25) is 0 Å². The maximum atomic E-state index is 12.4. The zero-order valence-corrected chi connectivity index (χ0v) is 16.9. The van der Waals surface area contributed by atoms with E-state index in [1.54, 1.807) is 13.0 Å². The Labute approximate surface area is 170 Å². The van der Waals surface area contributed by atoms with Gasteiger partial charge in [0.25, 0.3) is 11.5 Å². The van der Waals surface area contributed by atoms with E-state index in [0.717, 1.165) is 16.7 Å². The predicted octanol–water partition coefficient (Wildman–Crippen LogP) is 3.11. The van der Waals surface area contributed by atoms with E-state index in [4.69, 9.17) is 4.74 Å². The Kier molecular flexibility index (Phi) is 6.44. The fourth-order valence-corrected chi connectivity index (χ4v) is 2.88. The predicted molar refractivity (Wildman–Crippen MR) is 113 cm³/mol. The van der Waals surface area contributed by atoms with Crippen LogP contribution in [0.3, 0.4) is 0 Å². The Hall–Kier alpha value is -3.41. The number of aryl methyl sites for hydroxylation is 2. The van der Waals surface area contributed by atoms with Crippen molar-refractivity contribution in [2.75, 3.05) is 6.54 Å². The number of hydrogen-bond acceptors (Lipinski definition) is 4. The maximum Gasteiger partial charge on any atom is 0.266 e. The van der Waals surface area contributed by atoms with Crippen LogP contribution in [0.25, 0.3) is 11.3 Å². The van der Waals surface area contributed by atoms with E-state index >= 15 is 0 Å². The third kappa shape index (κ3) is 5.31. The number of ether oxygens (including phenoxy) is 1. The van der Waals surface area contributed by atoms with E-state index in [1.165, 1.54) is 10.7 Å². The Morgan fingerprint density at radius 3 is 2.62 bits per heavy atom. The Morgan fingerprint density at radius 1 is 1.10 bits per heavy atom. The van der Waals surface area contributed by atoms with Crippen molar-refractivity contribution in [3.8, 4) is 17.0 Å². The zero-order chi connectivity index (χ0) is 20.8. The van der Waals surface area contributed by atoms with Gasteiger partial charge in [0.05, 0.1) is 12.2 Å². The molecular weight excluding hydrogens is 366 g/mol. The van der Waals surface area contributed by atoms with Gasteiger partial charge in [0, 0.05) is 18.2 Å². The molecule has 0 spiro atoms. The molecule has 6 nitrogen and oxygen atoms in total. The fourth-order valence-electron chi connectivity index (χ4n) is 2.88. The van der Waals surface area contributed by atoms with Gasteiger partial charge in [0.15, 0.2) is 6.10 Å². The van der Waals surface area contributed by atoms with Crippen molar-refractivity contribution in [2.24, 2.45) is 0 Å². The average molecular weight is 391 g/mol. The molecule has 2 aromatic carbocycles. The molecule has 1 unspecified atom stereocenters. The van der Waals surface area contributed by atoms with Crippen LogP contribution >= 0.6 is 0 Å². The second kappa shape index (κ2) is 9.19. The van der Waals surface area contributed by atoms with Gasteiger partial charge >= 0.3 is 0 Å². The molecule has 0 aliphatic carbocycles. The van der Waals surface area contributed by atoms with E-state index < -0.39 is 6.10 Å². The molecule has 0 aliphatic heterocycles. The molecule has 1 N–H and O–H groups in total. The summed E-state index contributed by atoms with van der Waals surface area (Å²) >= 11 is 0. The van der Waals surface area contributed by atoms with Gasteiger partial charge in [0.1, 0.15) is 5.75 Å². The summed E-state index contributed by atoms with van der Waals surface area (Å²) in [5, 5.41) is 7.20. The van der Waals surface area contributed by atoms with Crippen molar-refractivity contribution in [3.63, 3.8) is 0 Å². The first-order valence-corrected chi connectivity index (χ1v) is 9.59. The van der Waals surface area contributed by atoms with E-state index in [1.807, 2.05) is 62.4 Å². The Bertz CT molecular complexity index is 1040. The molecule has 150 valence electrons. The van der Waals surface area contributed by atoms with Gasteiger partial charge in [-0.1, -0.05) is 42.5 Å². The van der Waals surface area contributed by atoms with Gasteiger partial charge in [-0.15, -0.1) is 0 Å². The first-order valence-electron chi connectivity index (χ1n) is 9.59. The van der Waals surface area contributed by atoms with Crippen LogP contribution in [0, 0.1) is 13.8 Å². The summed E-state index contributed by atoms with van der Waals surface area (Å²) in [5.74, 6) is 0.458. The highest BCUT2D eigenvalue weighted by Crippen LogP contribution is 2.20. The van der Waals surface area contributed by atoms with Gasteiger partial charge in [-0.25, -0.2) is 4.68 Å². The molecule has 0 radical (unpaired) electrons. The highest BCUT2D eigenvalue weighted by molar-refractivity contribution is 5.80. The van der Waals surface area contributed by atoms with Crippen molar-refractivity contribution in [2.45, 2.75) is 33.4 Å². The molecule has 0 saturated carbocycles. The van der Waals surface area contributed by atoms with Crippen LogP contribution in [-0.4, -0.2) is 28.3 Å². The second-order valence-corrected chi connectivity index (χ2v) is 6.97. The van der Waals surface area contributed by atoms with E-state index in [0.29, 0.717) is 11.4 Å². The van der Waals surface area contributed by atoms with E-state index in [9.17, 15) is 9.59 Å². The van der Waals surface area contributed by atoms with Crippen LogP contribution in [-0.2, 0) is 11.3 Å². The second-order valence-electron chi connectivity index (χ2n) is 6.97. The van der Waals surface area contributed by atoms with E-state index in [-0.39, 0.29) is 24.6 Å². The number of rotatable bonds is 7. The molecule has 0 saturated heterocycles. The minimum absolute atomic E-state index is 0.210. The topological polar surface area (TPSA) is 73.2 Å². The van der Waals surface area contributed by atoms with Gasteiger partial charge in [0.2, 0.25) is 0 Å². The SMILES string of the molecule is Cc1ccc(C)c(OC(C)C(=O)NCCn2nc(-c3ccccc3)ccc2=O)c1. The molecule has 29 heavy (non-hydrogen) atoms. The normalized spacial score (nSPS) is 11.7. The molecule has 1 amide bonds. The number of aromatic nitrogens is 2. The maximum absolute atomic E-state index is 12.4. The Morgan fingerprint density at radius 2 is 1.86 bits per heavy atom. The summed E-state index contributed by atoms with van der Waals surface area (Å²) < 4.78 is 7.15. The van der Waals surface area contributed by atoms with Gasteiger partial charge in [-0.05, 0) is 44.0 Å². The van der Waals surface area contributed by atoms with Crippen LogP contribution in [0.4, 0.5) is 0 Å². The fraction of sp³-hybridized carbons (Fsp3) is 0.261. The molecule has 3 rings (SSSR count). The molecule has 3 aromatic rings. The largest absolute Gasteiger partial charge is 0.481 e. The first-order chi connectivity index (χ1) is 13.9. The van der Waals surface area contributed by atoms with Crippen LogP contribution < -0.4 is 15.6 Å². The highest BCUT2D eigenvalue weighted by Gasteiger charge is 2.15. The van der Waals surface area contributed by atoms with E-state index in [2.05, 4.69) is 10.4 Å². The lowest BCUT2D eigenvalue weighted by molar-refractivity contribution is -0.127. The number of carbonyl (C=O) groups is 1. The summed E-state index contributed by atoms with van der Waals surface area (Å²) in [6.07, 6.45) is -0.643. The zero-order valence-electron chi connectivity index (χ0n) is 16.9. The quantitative estimate of drug-likeness (QED) is 0.672.